The molecule has 2 aromatic rings. The van der Waals surface area contributed by atoms with Crippen LogP contribution >= 0.6 is 0 Å². The molecule has 0 spiro atoms. The second-order valence-corrected chi connectivity index (χ2v) is 4.20. The molecule has 2 N–H and O–H groups in total. The Bertz CT molecular complexity index is 602. The Morgan fingerprint density at radius 3 is 2.55 bits per heavy atom. The molecule has 0 saturated carbocycles. The quantitative estimate of drug-likeness (QED) is 0.824. The van der Waals surface area contributed by atoms with Gasteiger partial charge in [0.15, 0.2) is 11.6 Å². The zero-order valence-electron chi connectivity index (χ0n) is 11.3. The summed E-state index contributed by atoms with van der Waals surface area (Å²) >= 11 is 0. The molecule has 5 heteroatoms. The van der Waals surface area contributed by atoms with Crippen molar-refractivity contribution >= 4 is 5.69 Å². The van der Waals surface area contributed by atoms with Crippen molar-refractivity contribution in [3.05, 3.63) is 47.8 Å². The lowest BCUT2D eigenvalue weighted by Crippen LogP contribution is -2.02. The molecular formula is C15H16FNO3. The third-order valence-corrected chi connectivity index (χ3v) is 2.92. The van der Waals surface area contributed by atoms with Crippen molar-refractivity contribution in [1.82, 2.24) is 0 Å². The lowest BCUT2D eigenvalue weighted by molar-refractivity contribution is 0.391. The maximum absolute atomic E-state index is 13.2. The smallest absolute Gasteiger partial charge is 0.166 e. The van der Waals surface area contributed by atoms with Crippen LogP contribution in [0.4, 0.5) is 10.1 Å². The van der Waals surface area contributed by atoms with Crippen LogP contribution < -0.4 is 14.8 Å². The van der Waals surface area contributed by atoms with E-state index in [1.54, 1.807) is 26.4 Å². The molecule has 106 valence electrons. The standard InChI is InChI=1S/C15H16FNO3/c1-19-12-5-3-10(15(8-12)20-2)9-17-11-4-6-14(18)13(16)7-11/h3-8,17-18H,9H2,1-2H3. The lowest BCUT2D eigenvalue weighted by atomic mass is 10.2. The van der Waals surface area contributed by atoms with E-state index in [1.807, 2.05) is 12.1 Å². The first kappa shape index (κ1) is 14.0. The number of benzene rings is 2. The van der Waals surface area contributed by atoms with E-state index in [0.29, 0.717) is 23.7 Å². The zero-order valence-corrected chi connectivity index (χ0v) is 11.3. The van der Waals surface area contributed by atoms with E-state index in [-0.39, 0.29) is 5.75 Å². The maximum Gasteiger partial charge on any atom is 0.166 e. The molecule has 4 nitrogen and oxygen atoms in total. The second-order valence-electron chi connectivity index (χ2n) is 4.20. The van der Waals surface area contributed by atoms with Crippen LogP contribution in [-0.4, -0.2) is 19.3 Å². The van der Waals surface area contributed by atoms with E-state index in [4.69, 9.17) is 14.6 Å². The highest BCUT2D eigenvalue weighted by molar-refractivity contribution is 5.49. The molecule has 0 atom stereocenters. The fraction of sp³-hybridized carbons (Fsp3) is 0.200. The van der Waals surface area contributed by atoms with Crippen molar-refractivity contribution in [2.75, 3.05) is 19.5 Å². The molecule has 0 saturated heterocycles. The number of aromatic hydroxyl groups is 1. The number of nitrogens with one attached hydrogen (secondary N) is 1. The van der Waals surface area contributed by atoms with E-state index >= 15 is 0 Å². The first-order valence-corrected chi connectivity index (χ1v) is 6.07. The minimum atomic E-state index is -0.656. The van der Waals surface area contributed by atoms with Gasteiger partial charge in [0.2, 0.25) is 0 Å². The normalized spacial score (nSPS) is 10.2. The Labute approximate surface area is 116 Å². The highest BCUT2D eigenvalue weighted by atomic mass is 19.1. The second kappa shape index (κ2) is 6.14. The molecule has 0 heterocycles. The number of anilines is 1. The first-order valence-electron chi connectivity index (χ1n) is 6.07. The molecule has 0 unspecified atom stereocenters. The SMILES string of the molecule is COc1ccc(CNc2ccc(O)c(F)c2)c(OC)c1. The van der Waals surface area contributed by atoms with Crippen molar-refractivity contribution in [3.8, 4) is 17.2 Å². The molecule has 2 aromatic carbocycles. The van der Waals surface area contributed by atoms with Gasteiger partial charge in [-0.3, -0.25) is 0 Å². The van der Waals surface area contributed by atoms with E-state index < -0.39 is 5.82 Å². The van der Waals surface area contributed by atoms with Crippen LogP contribution in [0.5, 0.6) is 17.2 Å². The van der Waals surface area contributed by atoms with Gasteiger partial charge in [0.1, 0.15) is 11.5 Å². The minimum Gasteiger partial charge on any atom is -0.505 e. The molecule has 0 radical (unpaired) electrons. The highest BCUT2D eigenvalue weighted by Crippen LogP contribution is 2.26. The van der Waals surface area contributed by atoms with Crippen LogP contribution in [-0.2, 0) is 6.54 Å². The van der Waals surface area contributed by atoms with Crippen LogP contribution in [0.2, 0.25) is 0 Å². The van der Waals surface area contributed by atoms with Crippen molar-refractivity contribution in [3.63, 3.8) is 0 Å². The third-order valence-electron chi connectivity index (χ3n) is 2.92. The minimum absolute atomic E-state index is 0.363. The van der Waals surface area contributed by atoms with Gasteiger partial charge in [0, 0.05) is 29.9 Å². The van der Waals surface area contributed by atoms with E-state index in [1.165, 1.54) is 12.1 Å². The highest BCUT2D eigenvalue weighted by Gasteiger charge is 2.06. The molecule has 0 fully saturated rings. The average molecular weight is 277 g/mol. The number of hydrogen-bond acceptors (Lipinski definition) is 4. The molecule has 0 bridgehead atoms. The first-order chi connectivity index (χ1) is 9.63. The topological polar surface area (TPSA) is 50.7 Å². The number of ether oxygens (including phenoxy) is 2. The third kappa shape index (κ3) is 3.12. The molecule has 0 aromatic heterocycles. The lowest BCUT2D eigenvalue weighted by Gasteiger charge is -2.12. The van der Waals surface area contributed by atoms with Crippen LogP contribution in [0.1, 0.15) is 5.56 Å². The molecule has 20 heavy (non-hydrogen) atoms. The van der Waals surface area contributed by atoms with Crippen molar-refractivity contribution in [2.24, 2.45) is 0 Å². The van der Waals surface area contributed by atoms with Gasteiger partial charge in [-0.25, -0.2) is 4.39 Å². The van der Waals surface area contributed by atoms with Crippen LogP contribution in [0.25, 0.3) is 0 Å². The summed E-state index contributed by atoms with van der Waals surface area (Å²) in [6, 6.07) is 9.65. The summed E-state index contributed by atoms with van der Waals surface area (Å²) < 4.78 is 23.6. The monoisotopic (exact) mass is 277 g/mol. The summed E-state index contributed by atoms with van der Waals surface area (Å²) in [5.41, 5.74) is 1.50. The Hall–Kier alpha value is -2.43. The van der Waals surface area contributed by atoms with Gasteiger partial charge in [-0.1, -0.05) is 0 Å². The summed E-state index contributed by atoms with van der Waals surface area (Å²) in [7, 11) is 3.17. The van der Waals surface area contributed by atoms with Gasteiger partial charge in [-0.15, -0.1) is 0 Å². The van der Waals surface area contributed by atoms with Crippen molar-refractivity contribution < 1.29 is 19.0 Å². The Balaban J connectivity index is 2.12. The molecule has 2 rings (SSSR count). The summed E-state index contributed by atoms with van der Waals surface area (Å²) in [5, 5.41) is 12.2. The Morgan fingerprint density at radius 1 is 1.10 bits per heavy atom. The number of rotatable bonds is 5. The maximum atomic E-state index is 13.2. The molecular weight excluding hydrogens is 261 g/mol. The average Bonchev–Trinajstić information content (AvgIpc) is 2.48. The van der Waals surface area contributed by atoms with Crippen molar-refractivity contribution in [2.45, 2.75) is 6.54 Å². The number of methoxy groups -OCH3 is 2. The summed E-state index contributed by atoms with van der Waals surface area (Å²) in [4.78, 5) is 0. The summed E-state index contributed by atoms with van der Waals surface area (Å²) in [5.74, 6) is 0.381. The van der Waals surface area contributed by atoms with E-state index in [2.05, 4.69) is 5.32 Å². The number of phenols is 1. The summed E-state index contributed by atoms with van der Waals surface area (Å²) in [6.45, 7) is 0.470. The zero-order chi connectivity index (χ0) is 14.5. The Morgan fingerprint density at radius 2 is 1.90 bits per heavy atom. The predicted octanol–water partition coefficient (Wildman–Crippen LogP) is 3.16. The van der Waals surface area contributed by atoms with Crippen molar-refractivity contribution in [1.29, 1.82) is 0 Å². The Kier molecular flexibility index (Phi) is 4.30. The van der Waals surface area contributed by atoms with Gasteiger partial charge >= 0.3 is 0 Å². The van der Waals surface area contributed by atoms with Gasteiger partial charge in [-0.2, -0.15) is 0 Å². The van der Waals surface area contributed by atoms with Gasteiger partial charge in [-0.05, 0) is 24.3 Å². The van der Waals surface area contributed by atoms with Crippen LogP contribution in [0.3, 0.4) is 0 Å². The van der Waals surface area contributed by atoms with Gasteiger partial charge in [0.05, 0.1) is 14.2 Å². The largest absolute Gasteiger partial charge is 0.505 e. The van der Waals surface area contributed by atoms with Crippen LogP contribution in [0, 0.1) is 5.82 Å². The van der Waals surface area contributed by atoms with Crippen LogP contribution in [0.15, 0.2) is 36.4 Å². The molecule has 0 aliphatic carbocycles. The van der Waals surface area contributed by atoms with Gasteiger partial charge in [0.25, 0.3) is 0 Å². The molecule has 0 amide bonds. The summed E-state index contributed by atoms with van der Waals surface area (Å²) in [6.07, 6.45) is 0. The van der Waals surface area contributed by atoms with Gasteiger partial charge < -0.3 is 19.9 Å². The number of phenolic OH excluding ortho intramolecular Hbond substituents is 1. The number of hydrogen-bond donors (Lipinski definition) is 2. The molecule has 0 aliphatic heterocycles. The predicted molar refractivity (Wildman–Crippen MR) is 74.9 cm³/mol. The number of halogens is 1. The fourth-order valence-electron chi connectivity index (χ4n) is 1.81. The fourth-order valence-corrected chi connectivity index (χ4v) is 1.81. The molecule has 0 aliphatic rings. The van der Waals surface area contributed by atoms with E-state index in [9.17, 15) is 4.39 Å². The van der Waals surface area contributed by atoms with E-state index in [0.717, 1.165) is 5.56 Å².